The van der Waals surface area contributed by atoms with Crippen LogP contribution in [0.15, 0.2) is 53.7 Å². The molecule has 5 nitrogen and oxygen atoms in total. The fourth-order valence-corrected chi connectivity index (χ4v) is 3.12. The summed E-state index contributed by atoms with van der Waals surface area (Å²) in [5.41, 5.74) is 1.27. The number of aliphatic imine (C=N–C) groups is 1. The highest BCUT2D eigenvalue weighted by Crippen LogP contribution is 2.13. The molecule has 1 N–H and O–H groups in total. The summed E-state index contributed by atoms with van der Waals surface area (Å²) in [6.07, 6.45) is 2.79. The van der Waals surface area contributed by atoms with E-state index in [0.717, 1.165) is 55.9 Å². The van der Waals surface area contributed by atoms with Crippen LogP contribution in [0.3, 0.4) is 0 Å². The fraction of sp³-hybridized carbons (Fsp3) is 0.368. The molecule has 1 aromatic carbocycles. The van der Waals surface area contributed by atoms with E-state index in [4.69, 9.17) is 11.6 Å². The van der Waals surface area contributed by atoms with Gasteiger partial charge in [-0.3, -0.25) is 4.99 Å². The van der Waals surface area contributed by atoms with Crippen LogP contribution in [0.4, 0.5) is 5.82 Å². The van der Waals surface area contributed by atoms with Gasteiger partial charge in [-0.15, -0.1) is 24.0 Å². The fourth-order valence-electron chi connectivity index (χ4n) is 2.99. The van der Waals surface area contributed by atoms with E-state index in [0.29, 0.717) is 0 Å². The zero-order chi connectivity index (χ0) is 17.5. The number of nitrogens with one attached hydrogen (secondary N) is 1. The minimum absolute atomic E-state index is 0. The topological polar surface area (TPSA) is 43.8 Å². The van der Waals surface area contributed by atoms with E-state index in [1.165, 1.54) is 5.56 Å². The summed E-state index contributed by atoms with van der Waals surface area (Å²) in [6.45, 7) is 4.65. The monoisotopic (exact) mass is 485 g/mol. The Morgan fingerprint density at radius 3 is 2.46 bits per heavy atom. The van der Waals surface area contributed by atoms with Crippen LogP contribution in [0.5, 0.6) is 0 Å². The number of hydrogen-bond acceptors (Lipinski definition) is 3. The van der Waals surface area contributed by atoms with Crippen LogP contribution in [0.2, 0.25) is 5.02 Å². The van der Waals surface area contributed by atoms with Crippen LogP contribution in [-0.2, 0) is 6.42 Å². The van der Waals surface area contributed by atoms with Crippen LogP contribution in [0.25, 0.3) is 0 Å². The molecule has 0 radical (unpaired) electrons. The maximum absolute atomic E-state index is 5.93. The standard InChI is InChI=1S/C19H24ClN5.HI/c1-21-19(23-11-9-16-5-7-17(20)8-6-16)25-14-12-24(13-15-25)18-4-2-3-10-22-18;/h2-8,10H,9,11-15H2,1H3,(H,21,23);1H. The van der Waals surface area contributed by atoms with Gasteiger partial charge < -0.3 is 15.1 Å². The molecule has 140 valence electrons. The second-order valence-electron chi connectivity index (χ2n) is 6.01. The van der Waals surface area contributed by atoms with Crippen molar-refractivity contribution in [1.82, 2.24) is 15.2 Å². The molecule has 0 unspecified atom stereocenters. The molecule has 2 aromatic rings. The van der Waals surface area contributed by atoms with Crippen LogP contribution >= 0.6 is 35.6 Å². The van der Waals surface area contributed by atoms with Gasteiger partial charge in [0.1, 0.15) is 5.82 Å². The first kappa shape index (κ1) is 20.8. The van der Waals surface area contributed by atoms with Crippen LogP contribution in [0, 0.1) is 0 Å². The lowest BCUT2D eigenvalue weighted by Gasteiger charge is -2.37. The average molecular weight is 486 g/mol. The molecule has 1 aliphatic heterocycles. The van der Waals surface area contributed by atoms with Gasteiger partial charge in [0.2, 0.25) is 0 Å². The minimum Gasteiger partial charge on any atom is -0.356 e. The highest BCUT2D eigenvalue weighted by molar-refractivity contribution is 14.0. The smallest absolute Gasteiger partial charge is 0.193 e. The third kappa shape index (κ3) is 5.74. The number of pyridine rings is 1. The highest BCUT2D eigenvalue weighted by Gasteiger charge is 2.20. The number of guanidine groups is 1. The van der Waals surface area contributed by atoms with Crippen molar-refractivity contribution in [2.24, 2.45) is 4.99 Å². The first-order valence-corrected chi connectivity index (χ1v) is 9.00. The van der Waals surface area contributed by atoms with Crippen LogP contribution in [0.1, 0.15) is 5.56 Å². The predicted molar refractivity (Wildman–Crippen MR) is 120 cm³/mol. The molecule has 2 heterocycles. The number of piperazine rings is 1. The predicted octanol–water partition coefficient (Wildman–Crippen LogP) is 3.29. The number of nitrogens with zero attached hydrogens (tertiary/aromatic N) is 4. The Morgan fingerprint density at radius 1 is 1.12 bits per heavy atom. The zero-order valence-electron chi connectivity index (χ0n) is 14.9. The third-order valence-corrected chi connectivity index (χ3v) is 4.63. The Kier molecular flexibility index (Phi) is 8.44. The van der Waals surface area contributed by atoms with E-state index in [1.807, 2.05) is 37.5 Å². The largest absolute Gasteiger partial charge is 0.356 e. The normalized spacial score (nSPS) is 14.8. The van der Waals surface area contributed by atoms with Gasteiger partial charge in [-0.2, -0.15) is 0 Å². The third-order valence-electron chi connectivity index (χ3n) is 4.37. The summed E-state index contributed by atoms with van der Waals surface area (Å²) < 4.78 is 0. The summed E-state index contributed by atoms with van der Waals surface area (Å²) in [5.74, 6) is 2.02. The Hall–Kier alpha value is -1.54. The molecular weight excluding hydrogens is 461 g/mol. The van der Waals surface area contributed by atoms with Gasteiger partial charge in [0.15, 0.2) is 5.96 Å². The van der Waals surface area contributed by atoms with Crippen molar-refractivity contribution in [3.63, 3.8) is 0 Å². The van der Waals surface area contributed by atoms with Gasteiger partial charge in [-0.1, -0.05) is 29.8 Å². The first-order valence-electron chi connectivity index (χ1n) is 8.62. The van der Waals surface area contributed by atoms with Crippen molar-refractivity contribution >= 4 is 47.4 Å². The van der Waals surface area contributed by atoms with E-state index in [2.05, 4.69) is 43.3 Å². The molecule has 0 spiro atoms. The first-order chi connectivity index (χ1) is 12.3. The molecule has 7 heteroatoms. The maximum atomic E-state index is 5.93. The van der Waals surface area contributed by atoms with Gasteiger partial charge in [-0.25, -0.2) is 4.98 Å². The lowest BCUT2D eigenvalue weighted by molar-refractivity contribution is 0.372. The van der Waals surface area contributed by atoms with E-state index in [-0.39, 0.29) is 24.0 Å². The Labute approximate surface area is 177 Å². The van der Waals surface area contributed by atoms with Crippen molar-refractivity contribution < 1.29 is 0 Å². The number of anilines is 1. The number of aromatic nitrogens is 1. The van der Waals surface area contributed by atoms with Crippen molar-refractivity contribution in [2.75, 3.05) is 44.7 Å². The molecule has 1 aliphatic rings. The number of halogens is 2. The summed E-state index contributed by atoms with van der Waals surface area (Å²) in [7, 11) is 1.84. The lowest BCUT2D eigenvalue weighted by Crippen LogP contribution is -2.53. The van der Waals surface area contributed by atoms with Crippen molar-refractivity contribution in [2.45, 2.75) is 6.42 Å². The van der Waals surface area contributed by atoms with E-state index >= 15 is 0 Å². The van der Waals surface area contributed by atoms with Gasteiger partial charge in [-0.05, 0) is 36.2 Å². The molecular formula is C19H25ClIN5. The molecule has 0 amide bonds. The molecule has 0 bridgehead atoms. The van der Waals surface area contributed by atoms with Crippen LogP contribution in [-0.4, -0.2) is 55.6 Å². The van der Waals surface area contributed by atoms with E-state index < -0.39 is 0 Å². The molecule has 0 saturated carbocycles. The quantitative estimate of drug-likeness (QED) is 0.410. The SMILES string of the molecule is CN=C(NCCc1ccc(Cl)cc1)N1CCN(c2ccccn2)CC1.I. The molecule has 3 rings (SSSR count). The molecule has 1 fully saturated rings. The van der Waals surface area contributed by atoms with Gasteiger partial charge in [0.25, 0.3) is 0 Å². The second-order valence-corrected chi connectivity index (χ2v) is 6.45. The minimum atomic E-state index is 0. The summed E-state index contributed by atoms with van der Waals surface area (Å²) in [4.78, 5) is 13.5. The number of benzene rings is 1. The van der Waals surface area contributed by atoms with E-state index in [9.17, 15) is 0 Å². The second kappa shape index (κ2) is 10.6. The number of hydrogen-bond donors (Lipinski definition) is 1. The van der Waals surface area contributed by atoms with Crippen molar-refractivity contribution in [1.29, 1.82) is 0 Å². The molecule has 26 heavy (non-hydrogen) atoms. The van der Waals surface area contributed by atoms with Crippen LogP contribution < -0.4 is 10.2 Å². The summed E-state index contributed by atoms with van der Waals surface area (Å²) in [5, 5.41) is 4.24. The Bertz CT molecular complexity index is 685. The van der Waals surface area contributed by atoms with E-state index in [1.54, 1.807) is 0 Å². The summed E-state index contributed by atoms with van der Waals surface area (Å²) in [6, 6.07) is 14.1. The van der Waals surface area contributed by atoms with Gasteiger partial charge in [0, 0.05) is 51.0 Å². The number of rotatable bonds is 4. The molecule has 0 aliphatic carbocycles. The lowest BCUT2D eigenvalue weighted by atomic mass is 10.1. The van der Waals surface area contributed by atoms with Gasteiger partial charge in [0.05, 0.1) is 0 Å². The molecule has 1 aromatic heterocycles. The highest BCUT2D eigenvalue weighted by atomic mass is 127. The molecule has 1 saturated heterocycles. The average Bonchev–Trinajstić information content (AvgIpc) is 2.68. The molecule has 0 atom stereocenters. The van der Waals surface area contributed by atoms with Crippen molar-refractivity contribution in [3.05, 3.63) is 59.2 Å². The van der Waals surface area contributed by atoms with Gasteiger partial charge >= 0.3 is 0 Å². The summed E-state index contributed by atoms with van der Waals surface area (Å²) >= 11 is 5.93. The Balaban J connectivity index is 0.00000243. The Morgan fingerprint density at radius 2 is 1.85 bits per heavy atom. The van der Waals surface area contributed by atoms with Crippen molar-refractivity contribution in [3.8, 4) is 0 Å². The maximum Gasteiger partial charge on any atom is 0.193 e. The zero-order valence-corrected chi connectivity index (χ0v) is 18.0.